The van der Waals surface area contributed by atoms with Crippen molar-refractivity contribution < 1.29 is 9.84 Å². The highest BCUT2D eigenvalue weighted by molar-refractivity contribution is 14.1. The van der Waals surface area contributed by atoms with Gasteiger partial charge in [-0.25, -0.2) is 0 Å². The molecular weight excluding hydrogens is 430 g/mol. The maximum absolute atomic E-state index is 10.1. The molecule has 0 bridgehead atoms. The molecule has 0 unspecified atom stereocenters. The Morgan fingerprint density at radius 1 is 1.19 bits per heavy atom. The van der Waals surface area contributed by atoms with Crippen molar-refractivity contribution in [3.8, 4) is 11.5 Å². The lowest BCUT2D eigenvalue weighted by Gasteiger charge is -2.11. The zero-order chi connectivity index (χ0) is 11.9. The Bertz CT molecular complexity index is 565. The zero-order valence-corrected chi connectivity index (χ0v) is 13.2. The topological polar surface area (TPSA) is 29.5 Å². The standard InChI is InChI=1S/C12H10I2O2/c1-6-3-7-5-8(13)11(14)12(15)10(7)9(4-6)16-2/h3-5,15H,1-2H3. The smallest absolute Gasteiger partial charge is 0.141 e. The van der Waals surface area contributed by atoms with Gasteiger partial charge in [-0.2, -0.15) is 0 Å². The first-order valence-electron chi connectivity index (χ1n) is 4.70. The average Bonchev–Trinajstić information content (AvgIpc) is 2.24. The molecule has 0 atom stereocenters. The lowest BCUT2D eigenvalue weighted by atomic mass is 10.1. The van der Waals surface area contributed by atoms with Crippen molar-refractivity contribution in [3.63, 3.8) is 0 Å². The lowest BCUT2D eigenvalue weighted by Crippen LogP contribution is -1.90. The van der Waals surface area contributed by atoms with Crippen LogP contribution in [0.4, 0.5) is 0 Å². The summed E-state index contributed by atoms with van der Waals surface area (Å²) in [6.45, 7) is 2.02. The van der Waals surface area contributed by atoms with Gasteiger partial charge in [0.15, 0.2) is 0 Å². The van der Waals surface area contributed by atoms with Crippen molar-refractivity contribution in [3.05, 3.63) is 30.9 Å². The number of phenols is 1. The number of ether oxygens (including phenoxy) is 1. The second-order valence-corrected chi connectivity index (χ2v) is 5.83. The first kappa shape index (κ1) is 12.2. The summed E-state index contributed by atoms with van der Waals surface area (Å²) >= 11 is 4.37. The van der Waals surface area contributed by atoms with Gasteiger partial charge in [-0.05, 0) is 75.2 Å². The van der Waals surface area contributed by atoms with Crippen molar-refractivity contribution in [2.45, 2.75) is 6.92 Å². The highest BCUT2D eigenvalue weighted by atomic mass is 127. The Morgan fingerprint density at radius 2 is 1.88 bits per heavy atom. The summed E-state index contributed by atoms with van der Waals surface area (Å²) in [4.78, 5) is 0. The summed E-state index contributed by atoms with van der Waals surface area (Å²) in [5.74, 6) is 1.03. The van der Waals surface area contributed by atoms with Crippen LogP contribution in [0.2, 0.25) is 0 Å². The van der Waals surface area contributed by atoms with Crippen LogP contribution in [0, 0.1) is 14.1 Å². The molecular formula is C12H10I2O2. The second-order valence-electron chi connectivity index (χ2n) is 3.59. The third kappa shape index (κ3) is 1.97. The maximum Gasteiger partial charge on any atom is 0.141 e. The van der Waals surface area contributed by atoms with E-state index in [9.17, 15) is 5.11 Å². The zero-order valence-electron chi connectivity index (χ0n) is 8.84. The van der Waals surface area contributed by atoms with Gasteiger partial charge in [0, 0.05) is 3.57 Å². The molecule has 0 fully saturated rings. The number of rotatable bonds is 1. The van der Waals surface area contributed by atoms with Crippen LogP contribution in [0.15, 0.2) is 18.2 Å². The summed E-state index contributed by atoms with van der Waals surface area (Å²) < 4.78 is 7.24. The lowest BCUT2D eigenvalue weighted by molar-refractivity contribution is 0.415. The third-order valence-electron chi connectivity index (χ3n) is 2.43. The molecule has 0 saturated heterocycles. The van der Waals surface area contributed by atoms with Gasteiger partial charge in [0.05, 0.1) is 16.1 Å². The minimum Gasteiger partial charge on any atom is -0.506 e. The molecule has 0 radical (unpaired) electrons. The minimum atomic E-state index is 0.305. The Morgan fingerprint density at radius 3 is 2.50 bits per heavy atom. The number of halogens is 2. The Labute approximate surface area is 121 Å². The molecule has 84 valence electrons. The van der Waals surface area contributed by atoms with Crippen molar-refractivity contribution in [1.29, 1.82) is 0 Å². The summed E-state index contributed by atoms with van der Waals surface area (Å²) in [6, 6.07) is 6.05. The van der Waals surface area contributed by atoms with Gasteiger partial charge in [0.2, 0.25) is 0 Å². The molecule has 4 heteroatoms. The van der Waals surface area contributed by atoms with Gasteiger partial charge in [0.1, 0.15) is 11.5 Å². The highest BCUT2D eigenvalue weighted by Crippen LogP contribution is 2.39. The first-order valence-corrected chi connectivity index (χ1v) is 6.85. The van der Waals surface area contributed by atoms with Crippen molar-refractivity contribution in [1.82, 2.24) is 0 Å². The number of fused-ring (bicyclic) bond motifs is 1. The fraction of sp³-hybridized carbons (Fsp3) is 0.167. The Kier molecular flexibility index (Phi) is 3.48. The van der Waals surface area contributed by atoms with Crippen LogP contribution in [-0.4, -0.2) is 12.2 Å². The number of aromatic hydroxyl groups is 1. The molecule has 2 aromatic rings. The monoisotopic (exact) mass is 440 g/mol. The number of methoxy groups -OCH3 is 1. The molecule has 16 heavy (non-hydrogen) atoms. The predicted octanol–water partition coefficient (Wildman–Crippen LogP) is 4.07. The molecule has 0 aliphatic rings. The summed E-state index contributed by atoms with van der Waals surface area (Å²) in [6.07, 6.45) is 0. The van der Waals surface area contributed by atoms with Crippen LogP contribution >= 0.6 is 45.2 Å². The summed E-state index contributed by atoms with van der Waals surface area (Å²) in [5.41, 5.74) is 1.13. The third-order valence-corrected chi connectivity index (χ3v) is 5.41. The van der Waals surface area contributed by atoms with Crippen LogP contribution in [-0.2, 0) is 0 Å². The van der Waals surface area contributed by atoms with Gasteiger partial charge in [-0.15, -0.1) is 0 Å². The van der Waals surface area contributed by atoms with E-state index in [1.807, 2.05) is 13.0 Å². The Balaban J connectivity index is 2.95. The second kappa shape index (κ2) is 4.56. The van der Waals surface area contributed by atoms with E-state index in [2.05, 4.69) is 57.3 Å². The molecule has 0 saturated carbocycles. The number of phenolic OH excluding ortho intramolecular Hbond substituents is 1. The molecule has 2 nitrogen and oxygen atoms in total. The molecule has 2 rings (SSSR count). The predicted molar refractivity (Wildman–Crippen MR) is 82.3 cm³/mol. The van der Waals surface area contributed by atoms with Crippen molar-refractivity contribution >= 4 is 56.0 Å². The molecule has 0 heterocycles. The quantitative estimate of drug-likeness (QED) is 0.678. The van der Waals surface area contributed by atoms with Gasteiger partial charge in [-0.3, -0.25) is 0 Å². The van der Waals surface area contributed by atoms with Crippen molar-refractivity contribution in [2.24, 2.45) is 0 Å². The van der Waals surface area contributed by atoms with Crippen LogP contribution < -0.4 is 4.74 Å². The van der Waals surface area contributed by atoms with Gasteiger partial charge in [0.25, 0.3) is 0 Å². The van der Waals surface area contributed by atoms with E-state index in [1.54, 1.807) is 7.11 Å². The molecule has 1 N–H and O–H groups in total. The van der Waals surface area contributed by atoms with E-state index in [1.165, 1.54) is 0 Å². The van der Waals surface area contributed by atoms with Crippen LogP contribution in [0.5, 0.6) is 11.5 Å². The van der Waals surface area contributed by atoms with Crippen LogP contribution in [0.1, 0.15) is 5.56 Å². The maximum atomic E-state index is 10.1. The molecule has 2 aromatic carbocycles. The fourth-order valence-corrected chi connectivity index (χ4v) is 2.75. The molecule has 0 aliphatic heterocycles. The van der Waals surface area contributed by atoms with Crippen LogP contribution in [0.3, 0.4) is 0 Å². The van der Waals surface area contributed by atoms with E-state index in [-0.39, 0.29) is 0 Å². The van der Waals surface area contributed by atoms with Gasteiger partial charge in [-0.1, -0.05) is 6.07 Å². The largest absolute Gasteiger partial charge is 0.506 e. The van der Waals surface area contributed by atoms with Crippen molar-refractivity contribution in [2.75, 3.05) is 7.11 Å². The van der Waals surface area contributed by atoms with E-state index in [4.69, 9.17) is 4.74 Å². The molecule has 0 spiro atoms. The van der Waals surface area contributed by atoms with E-state index in [0.717, 1.165) is 29.2 Å². The first-order chi connectivity index (χ1) is 7.54. The Hall–Kier alpha value is -0.240. The average molecular weight is 440 g/mol. The van der Waals surface area contributed by atoms with Gasteiger partial charge >= 0.3 is 0 Å². The highest BCUT2D eigenvalue weighted by Gasteiger charge is 2.13. The van der Waals surface area contributed by atoms with E-state index >= 15 is 0 Å². The number of benzene rings is 2. The van der Waals surface area contributed by atoms with Gasteiger partial charge < -0.3 is 9.84 Å². The molecule has 0 aromatic heterocycles. The normalized spacial score (nSPS) is 10.8. The number of aryl methyl sites for hydroxylation is 1. The number of hydrogen-bond donors (Lipinski definition) is 1. The SMILES string of the molecule is COc1cc(C)cc2cc(I)c(I)c(O)c12. The summed E-state index contributed by atoms with van der Waals surface area (Å²) in [5, 5.41) is 12.0. The van der Waals surface area contributed by atoms with E-state index < -0.39 is 0 Å². The van der Waals surface area contributed by atoms with E-state index in [0.29, 0.717) is 5.75 Å². The fourth-order valence-electron chi connectivity index (χ4n) is 1.73. The van der Waals surface area contributed by atoms with Crippen LogP contribution in [0.25, 0.3) is 10.8 Å². The minimum absolute atomic E-state index is 0.305. The number of hydrogen-bond acceptors (Lipinski definition) is 2. The molecule has 0 amide bonds. The molecule has 0 aliphatic carbocycles. The summed E-state index contributed by atoms with van der Waals surface area (Å²) in [7, 11) is 1.62.